The zero-order valence-corrected chi connectivity index (χ0v) is 13.8. The molecule has 1 aromatic rings. The summed E-state index contributed by atoms with van der Waals surface area (Å²) >= 11 is 0. The Morgan fingerprint density at radius 3 is 2.61 bits per heavy atom. The van der Waals surface area contributed by atoms with Gasteiger partial charge in [0.15, 0.2) is 0 Å². The number of hydrogen-bond acceptors (Lipinski definition) is 4. The topological polar surface area (TPSA) is 93.5 Å². The van der Waals surface area contributed by atoms with E-state index in [2.05, 4.69) is 10.6 Å². The van der Waals surface area contributed by atoms with E-state index in [0.29, 0.717) is 6.54 Å². The third kappa shape index (κ3) is 6.17. The maximum absolute atomic E-state index is 11.7. The van der Waals surface area contributed by atoms with Crippen molar-refractivity contribution in [1.82, 2.24) is 10.6 Å². The molecule has 1 heterocycles. The normalized spacial score (nSPS) is 20.2. The number of benzene rings is 1. The Morgan fingerprint density at radius 2 is 1.91 bits per heavy atom. The third-order valence-corrected chi connectivity index (χ3v) is 3.77. The number of ether oxygens (including phenoxy) is 1. The smallest absolute Gasteiger partial charge is 0.239 e. The number of carbonyl (C=O) groups is 2. The van der Waals surface area contributed by atoms with Crippen LogP contribution in [0.15, 0.2) is 30.3 Å². The highest BCUT2D eigenvalue weighted by atomic mass is 35.5. The molecule has 2 atom stereocenters. The maximum Gasteiger partial charge on any atom is 0.239 e. The van der Waals surface area contributed by atoms with Gasteiger partial charge in [0.25, 0.3) is 0 Å². The Kier molecular flexibility index (Phi) is 8.61. The molecule has 1 fully saturated rings. The Bertz CT molecular complexity index is 499. The minimum absolute atomic E-state index is 0. The van der Waals surface area contributed by atoms with E-state index in [4.69, 9.17) is 10.5 Å². The molecule has 1 saturated heterocycles. The SMILES string of the molecule is Cl.NCC(=O)NCC(=O)NCC1CCCOC1c1ccccc1. The largest absolute Gasteiger partial charge is 0.373 e. The average molecular weight is 342 g/mol. The van der Waals surface area contributed by atoms with Crippen LogP contribution in [0.1, 0.15) is 24.5 Å². The predicted molar refractivity (Wildman–Crippen MR) is 90.2 cm³/mol. The predicted octanol–water partition coefficient (Wildman–Crippen LogP) is 0.767. The summed E-state index contributed by atoms with van der Waals surface area (Å²) in [6.07, 6.45) is 2.01. The minimum Gasteiger partial charge on any atom is -0.373 e. The maximum atomic E-state index is 11.7. The molecular weight excluding hydrogens is 318 g/mol. The lowest BCUT2D eigenvalue weighted by Crippen LogP contribution is -2.42. The van der Waals surface area contributed by atoms with E-state index < -0.39 is 0 Å². The summed E-state index contributed by atoms with van der Waals surface area (Å²) in [7, 11) is 0. The van der Waals surface area contributed by atoms with Crippen molar-refractivity contribution >= 4 is 24.2 Å². The lowest BCUT2D eigenvalue weighted by molar-refractivity contribution is -0.125. The Hall–Kier alpha value is -1.63. The van der Waals surface area contributed by atoms with E-state index >= 15 is 0 Å². The van der Waals surface area contributed by atoms with E-state index in [1.807, 2.05) is 30.3 Å². The summed E-state index contributed by atoms with van der Waals surface area (Å²) < 4.78 is 5.89. The molecule has 1 aliphatic heterocycles. The first-order valence-corrected chi connectivity index (χ1v) is 7.60. The van der Waals surface area contributed by atoms with Gasteiger partial charge in [-0.25, -0.2) is 0 Å². The van der Waals surface area contributed by atoms with Gasteiger partial charge in [-0.05, 0) is 18.4 Å². The molecule has 2 amide bonds. The van der Waals surface area contributed by atoms with Crippen LogP contribution in [0.25, 0.3) is 0 Å². The molecule has 2 unspecified atom stereocenters. The van der Waals surface area contributed by atoms with Crippen LogP contribution < -0.4 is 16.4 Å². The van der Waals surface area contributed by atoms with Crippen molar-refractivity contribution in [2.75, 3.05) is 26.2 Å². The van der Waals surface area contributed by atoms with Crippen molar-refractivity contribution in [3.8, 4) is 0 Å². The molecule has 0 aromatic heterocycles. The van der Waals surface area contributed by atoms with E-state index in [-0.39, 0.29) is 49.3 Å². The second-order valence-electron chi connectivity index (χ2n) is 5.39. The molecule has 1 aromatic carbocycles. The lowest BCUT2D eigenvalue weighted by atomic mass is 9.89. The minimum atomic E-state index is -0.335. The molecule has 1 aliphatic rings. The molecule has 6 nitrogen and oxygen atoms in total. The van der Waals surface area contributed by atoms with Crippen molar-refractivity contribution in [3.63, 3.8) is 0 Å². The Balaban J connectivity index is 0.00000264. The van der Waals surface area contributed by atoms with E-state index in [1.165, 1.54) is 0 Å². The van der Waals surface area contributed by atoms with E-state index in [9.17, 15) is 9.59 Å². The molecule has 0 radical (unpaired) electrons. The molecule has 7 heteroatoms. The van der Waals surface area contributed by atoms with Gasteiger partial charge >= 0.3 is 0 Å². The summed E-state index contributed by atoms with van der Waals surface area (Å²) in [6, 6.07) is 10.1. The number of nitrogens with one attached hydrogen (secondary N) is 2. The van der Waals surface area contributed by atoms with Gasteiger partial charge < -0.3 is 21.1 Å². The highest BCUT2D eigenvalue weighted by molar-refractivity contribution is 5.85. The molecule has 128 valence electrons. The van der Waals surface area contributed by atoms with Crippen LogP contribution in [0.5, 0.6) is 0 Å². The molecule has 0 bridgehead atoms. The van der Waals surface area contributed by atoms with Gasteiger partial charge in [0.1, 0.15) is 0 Å². The second kappa shape index (κ2) is 10.2. The molecule has 2 rings (SSSR count). The van der Waals surface area contributed by atoms with Gasteiger partial charge in [0, 0.05) is 19.1 Å². The first-order chi connectivity index (χ1) is 10.7. The van der Waals surface area contributed by atoms with Gasteiger partial charge in [-0.15, -0.1) is 12.4 Å². The second-order valence-corrected chi connectivity index (χ2v) is 5.39. The molecule has 0 aliphatic carbocycles. The number of hydrogen-bond donors (Lipinski definition) is 3. The zero-order chi connectivity index (χ0) is 15.8. The van der Waals surface area contributed by atoms with Gasteiger partial charge in [-0.3, -0.25) is 9.59 Å². The Morgan fingerprint density at radius 1 is 1.17 bits per heavy atom. The van der Waals surface area contributed by atoms with Crippen LogP contribution in [0.2, 0.25) is 0 Å². The van der Waals surface area contributed by atoms with Crippen molar-refractivity contribution in [2.24, 2.45) is 11.7 Å². The molecular formula is C16H24ClN3O3. The number of halogens is 1. The monoisotopic (exact) mass is 341 g/mol. The summed E-state index contributed by atoms with van der Waals surface area (Å²) in [6.45, 7) is 1.13. The van der Waals surface area contributed by atoms with Crippen molar-refractivity contribution in [3.05, 3.63) is 35.9 Å². The first kappa shape index (κ1) is 19.4. The highest BCUT2D eigenvalue weighted by Crippen LogP contribution is 2.32. The van der Waals surface area contributed by atoms with Crippen molar-refractivity contribution < 1.29 is 14.3 Å². The fourth-order valence-electron chi connectivity index (χ4n) is 2.62. The van der Waals surface area contributed by atoms with Crippen LogP contribution in [-0.2, 0) is 14.3 Å². The summed E-state index contributed by atoms with van der Waals surface area (Å²) in [5.74, 6) is -0.303. The first-order valence-electron chi connectivity index (χ1n) is 7.60. The average Bonchev–Trinajstić information content (AvgIpc) is 2.58. The molecule has 4 N–H and O–H groups in total. The van der Waals surface area contributed by atoms with E-state index in [1.54, 1.807) is 0 Å². The van der Waals surface area contributed by atoms with Gasteiger partial charge in [0.2, 0.25) is 11.8 Å². The van der Waals surface area contributed by atoms with Crippen molar-refractivity contribution in [2.45, 2.75) is 18.9 Å². The van der Waals surface area contributed by atoms with E-state index in [0.717, 1.165) is 25.0 Å². The number of carbonyl (C=O) groups excluding carboxylic acids is 2. The molecule has 23 heavy (non-hydrogen) atoms. The highest BCUT2D eigenvalue weighted by Gasteiger charge is 2.27. The number of rotatable bonds is 6. The Labute approximate surface area is 142 Å². The third-order valence-electron chi connectivity index (χ3n) is 3.77. The number of nitrogens with two attached hydrogens (primary N) is 1. The zero-order valence-electron chi connectivity index (χ0n) is 13.0. The van der Waals surface area contributed by atoms with Crippen LogP contribution in [0, 0.1) is 5.92 Å². The van der Waals surface area contributed by atoms with Gasteiger partial charge in [-0.2, -0.15) is 0 Å². The van der Waals surface area contributed by atoms with Crippen LogP contribution >= 0.6 is 12.4 Å². The van der Waals surface area contributed by atoms with Gasteiger partial charge in [0.05, 0.1) is 19.2 Å². The number of amides is 2. The lowest BCUT2D eigenvalue weighted by Gasteiger charge is -2.32. The molecule has 0 spiro atoms. The van der Waals surface area contributed by atoms with Gasteiger partial charge in [-0.1, -0.05) is 30.3 Å². The van der Waals surface area contributed by atoms with Crippen molar-refractivity contribution in [1.29, 1.82) is 0 Å². The summed E-state index contributed by atoms with van der Waals surface area (Å²) in [4.78, 5) is 22.8. The van der Waals surface area contributed by atoms with Crippen LogP contribution in [0.4, 0.5) is 0 Å². The fraction of sp³-hybridized carbons (Fsp3) is 0.500. The van der Waals surface area contributed by atoms with Crippen LogP contribution in [-0.4, -0.2) is 38.1 Å². The summed E-state index contributed by atoms with van der Waals surface area (Å²) in [5.41, 5.74) is 6.31. The summed E-state index contributed by atoms with van der Waals surface area (Å²) in [5, 5.41) is 5.31. The standard InChI is InChI=1S/C16H23N3O3.ClH/c17-9-14(20)19-11-15(21)18-10-13-7-4-8-22-16(13)12-5-2-1-3-6-12;/h1-3,5-6,13,16H,4,7-11,17H2,(H,18,21)(H,19,20);1H. The fourth-order valence-corrected chi connectivity index (χ4v) is 2.62. The van der Waals surface area contributed by atoms with Crippen LogP contribution in [0.3, 0.4) is 0 Å². The quantitative estimate of drug-likeness (QED) is 0.712. The molecule has 0 saturated carbocycles.